The molecule has 0 bridgehead atoms. The highest BCUT2D eigenvalue weighted by atomic mass is 32.2. The van der Waals surface area contributed by atoms with Crippen LogP contribution in [0.15, 0.2) is 58.6 Å². The molecule has 8 nitrogen and oxygen atoms in total. The number of ether oxygens (including phenoxy) is 3. The first-order valence-corrected chi connectivity index (χ1v) is 9.82. The highest BCUT2D eigenvalue weighted by Crippen LogP contribution is 2.40. The lowest BCUT2D eigenvalue weighted by molar-refractivity contribution is 0.324. The summed E-state index contributed by atoms with van der Waals surface area (Å²) in [6.07, 6.45) is 2.08. The number of allylic oxidation sites excluding steroid dienone is 1. The number of rotatable bonds is 6. The molecule has 0 amide bonds. The Hall–Kier alpha value is -3.20. The fourth-order valence-electron chi connectivity index (χ4n) is 2.80. The van der Waals surface area contributed by atoms with E-state index in [1.165, 1.54) is 21.3 Å². The molecule has 0 saturated heterocycles. The SMILES string of the molecule is COc1cc(NC2=NS(=O)(=O)NC(Cc3ccccc3)=C2)cc(OC)c1OC. The van der Waals surface area contributed by atoms with Crippen molar-refractivity contribution in [2.45, 2.75) is 6.42 Å². The van der Waals surface area contributed by atoms with E-state index in [1.54, 1.807) is 18.2 Å². The Kier molecular flexibility index (Phi) is 5.74. The highest BCUT2D eigenvalue weighted by Gasteiger charge is 2.20. The van der Waals surface area contributed by atoms with Gasteiger partial charge >= 0.3 is 10.2 Å². The normalized spacial score (nSPS) is 15.0. The van der Waals surface area contributed by atoms with Crippen molar-refractivity contribution in [3.8, 4) is 17.2 Å². The van der Waals surface area contributed by atoms with Crippen molar-refractivity contribution >= 4 is 21.7 Å². The summed E-state index contributed by atoms with van der Waals surface area (Å²) in [5.74, 6) is 1.50. The van der Waals surface area contributed by atoms with Gasteiger partial charge in [-0.1, -0.05) is 30.3 Å². The molecule has 2 N–H and O–H groups in total. The van der Waals surface area contributed by atoms with E-state index in [4.69, 9.17) is 14.2 Å². The first-order chi connectivity index (χ1) is 13.4. The molecule has 28 heavy (non-hydrogen) atoms. The van der Waals surface area contributed by atoms with Crippen LogP contribution in [0.3, 0.4) is 0 Å². The molecule has 0 radical (unpaired) electrons. The molecule has 0 atom stereocenters. The zero-order valence-electron chi connectivity index (χ0n) is 15.7. The third-order valence-corrected chi connectivity index (χ3v) is 4.92. The number of benzene rings is 2. The molecule has 0 spiro atoms. The lowest BCUT2D eigenvalue weighted by Gasteiger charge is -2.18. The molecular weight excluding hydrogens is 382 g/mol. The van der Waals surface area contributed by atoms with Crippen molar-refractivity contribution in [2.24, 2.45) is 4.40 Å². The summed E-state index contributed by atoms with van der Waals surface area (Å²) < 4.78 is 46.4. The van der Waals surface area contributed by atoms with Gasteiger partial charge in [0.25, 0.3) is 0 Å². The van der Waals surface area contributed by atoms with Gasteiger partial charge in [-0.25, -0.2) is 0 Å². The van der Waals surface area contributed by atoms with Gasteiger partial charge in [0, 0.05) is 36.0 Å². The average Bonchev–Trinajstić information content (AvgIpc) is 2.66. The summed E-state index contributed by atoms with van der Waals surface area (Å²) >= 11 is 0. The maximum Gasteiger partial charge on any atom is 0.343 e. The van der Waals surface area contributed by atoms with Gasteiger partial charge in [0.05, 0.1) is 21.3 Å². The topological polar surface area (TPSA) is 98.2 Å². The molecule has 148 valence electrons. The number of amidine groups is 1. The minimum absolute atomic E-state index is 0.180. The zero-order chi connectivity index (χ0) is 20.1. The van der Waals surface area contributed by atoms with Crippen LogP contribution in [0, 0.1) is 0 Å². The van der Waals surface area contributed by atoms with Gasteiger partial charge in [-0.15, -0.1) is 4.40 Å². The Morgan fingerprint density at radius 2 is 1.64 bits per heavy atom. The Morgan fingerprint density at radius 3 is 2.21 bits per heavy atom. The molecular formula is C19H21N3O5S. The lowest BCUT2D eigenvalue weighted by Crippen LogP contribution is -2.30. The summed E-state index contributed by atoms with van der Waals surface area (Å²) in [6, 6.07) is 12.9. The van der Waals surface area contributed by atoms with Crippen LogP contribution in [0.4, 0.5) is 5.69 Å². The minimum atomic E-state index is -3.85. The average molecular weight is 403 g/mol. The number of nitrogens with zero attached hydrogens (tertiary/aromatic N) is 1. The van der Waals surface area contributed by atoms with Gasteiger partial charge < -0.3 is 19.5 Å². The molecule has 2 aromatic carbocycles. The third kappa shape index (κ3) is 4.55. The first kappa shape index (κ1) is 19.6. The third-order valence-electron chi connectivity index (χ3n) is 3.96. The van der Waals surface area contributed by atoms with E-state index in [-0.39, 0.29) is 5.84 Å². The predicted molar refractivity (Wildman–Crippen MR) is 107 cm³/mol. The van der Waals surface area contributed by atoms with Crippen LogP contribution in [-0.4, -0.2) is 35.6 Å². The Morgan fingerprint density at radius 1 is 1.00 bits per heavy atom. The summed E-state index contributed by atoms with van der Waals surface area (Å²) in [6.45, 7) is 0. The lowest BCUT2D eigenvalue weighted by atomic mass is 10.1. The second kappa shape index (κ2) is 8.22. The standard InChI is InChI=1S/C19H21N3O5S/c1-25-16-10-14(11-17(26-2)19(16)27-3)20-18-12-15(21-28(23,24)22-18)9-13-7-5-4-6-8-13/h4-8,10-12,21H,9H2,1-3H3,(H,20,22). The molecule has 9 heteroatoms. The number of hydrogen-bond donors (Lipinski definition) is 2. The van der Waals surface area contributed by atoms with Crippen molar-refractivity contribution < 1.29 is 22.6 Å². The predicted octanol–water partition coefficient (Wildman–Crippen LogP) is 2.50. The molecule has 0 unspecified atom stereocenters. The summed E-state index contributed by atoms with van der Waals surface area (Å²) in [7, 11) is 0.675. The van der Waals surface area contributed by atoms with E-state index in [1.807, 2.05) is 30.3 Å². The van der Waals surface area contributed by atoms with E-state index in [2.05, 4.69) is 14.4 Å². The van der Waals surface area contributed by atoms with Crippen molar-refractivity contribution in [1.82, 2.24) is 4.72 Å². The van der Waals surface area contributed by atoms with Crippen molar-refractivity contribution in [1.29, 1.82) is 0 Å². The number of methoxy groups -OCH3 is 3. The van der Waals surface area contributed by atoms with Crippen molar-refractivity contribution in [3.05, 3.63) is 59.8 Å². The number of nitrogens with one attached hydrogen (secondary N) is 2. The molecule has 0 saturated carbocycles. The zero-order valence-corrected chi connectivity index (χ0v) is 16.5. The highest BCUT2D eigenvalue weighted by molar-refractivity contribution is 7.88. The van der Waals surface area contributed by atoms with Gasteiger partial charge in [0.1, 0.15) is 5.84 Å². The van der Waals surface area contributed by atoms with Crippen LogP contribution in [0.2, 0.25) is 0 Å². The maximum atomic E-state index is 12.1. The summed E-state index contributed by atoms with van der Waals surface area (Å²) in [5, 5.41) is 2.99. The number of hydrogen-bond acceptors (Lipinski definition) is 6. The Labute approximate surface area is 164 Å². The monoisotopic (exact) mass is 403 g/mol. The number of anilines is 1. The fraction of sp³-hybridized carbons (Fsp3) is 0.211. The first-order valence-electron chi connectivity index (χ1n) is 8.38. The molecule has 2 aromatic rings. The molecule has 3 rings (SSSR count). The Balaban J connectivity index is 1.91. The van der Waals surface area contributed by atoms with Gasteiger partial charge in [-0.2, -0.15) is 8.42 Å². The fourth-order valence-corrected chi connectivity index (χ4v) is 3.67. The minimum Gasteiger partial charge on any atom is -0.493 e. The van der Waals surface area contributed by atoms with E-state index in [9.17, 15) is 8.42 Å². The van der Waals surface area contributed by atoms with E-state index < -0.39 is 10.2 Å². The van der Waals surface area contributed by atoms with Crippen molar-refractivity contribution in [3.63, 3.8) is 0 Å². The smallest absolute Gasteiger partial charge is 0.343 e. The molecule has 1 aliphatic heterocycles. The van der Waals surface area contributed by atoms with Gasteiger partial charge in [-0.3, -0.25) is 4.72 Å². The molecule has 1 aliphatic rings. The van der Waals surface area contributed by atoms with E-state index in [0.717, 1.165) is 5.56 Å². The quantitative estimate of drug-likeness (QED) is 0.769. The Bertz CT molecular complexity index is 992. The van der Waals surface area contributed by atoms with Gasteiger partial charge in [-0.05, 0) is 5.56 Å². The van der Waals surface area contributed by atoms with E-state index >= 15 is 0 Å². The van der Waals surface area contributed by atoms with Gasteiger partial charge in [0.2, 0.25) is 5.75 Å². The second-order valence-electron chi connectivity index (χ2n) is 5.92. The molecule has 0 fully saturated rings. The van der Waals surface area contributed by atoms with Crippen LogP contribution in [0.5, 0.6) is 17.2 Å². The molecule has 0 aromatic heterocycles. The summed E-state index contributed by atoms with van der Waals surface area (Å²) in [4.78, 5) is 0. The van der Waals surface area contributed by atoms with Crippen molar-refractivity contribution in [2.75, 3.05) is 26.6 Å². The van der Waals surface area contributed by atoms with Crippen LogP contribution in [0.25, 0.3) is 0 Å². The van der Waals surface area contributed by atoms with Crippen LogP contribution < -0.4 is 24.2 Å². The van der Waals surface area contributed by atoms with Crippen LogP contribution in [0.1, 0.15) is 5.56 Å². The van der Waals surface area contributed by atoms with Crippen LogP contribution in [-0.2, 0) is 16.6 Å². The van der Waals surface area contributed by atoms with Gasteiger partial charge in [0.15, 0.2) is 11.5 Å². The summed E-state index contributed by atoms with van der Waals surface area (Å²) in [5.41, 5.74) is 2.03. The maximum absolute atomic E-state index is 12.1. The van der Waals surface area contributed by atoms with Crippen LogP contribution >= 0.6 is 0 Å². The largest absolute Gasteiger partial charge is 0.493 e. The molecule has 0 aliphatic carbocycles. The molecule has 1 heterocycles. The second-order valence-corrected chi connectivity index (χ2v) is 7.26. The van der Waals surface area contributed by atoms with E-state index in [0.29, 0.717) is 35.1 Å².